The van der Waals surface area contributed by atoms with Crippen LogP contribution in [0.25, 0.3) is 22.8 Å². The fraction of sp³-hybridized carbons (Fsp3) is 0.273. The van der Waals surface area contributed by atoms with Crippen LogP contribution in [-0.2, 0) is 10.2 Å². The lowest BCUT2D eigenvalue weighted by Crippen LogP contribution is -2.10. The Labute approximate surface area is 168 Å². The molecule has 0 aliphatic rings. The lowest BCUT2D eigenvalue weighted by molar-refractivity contribution is -0.384. The molecule has 3 aromatic rings. The number of esters is 1. The second kappa shape index (κ2) is 7.87. The van der Waals surface area contributed by atoms with Crippen molar-refractivity contribution in [2.45, 2.75) is 33.1 Å². The smallest absolute Gasteiger partial charge is 0.361 e. The Morgan fingerprint density at radius 1 is 1.14 bits per heavy atom. The summed E-state index contributed by atoms with van der Waals surface area (Å²) in [5.41, 5.74) is 2.11. The molecule has 0 fully saturated rings. The first kappa shape index (κ1) is 20.3. The Kier molecular flexibility index (Phi) is 5.50. The van der Waals surface area contributed by atoms with E-state index in [0.29, 0.717) is 11.1 Å². The number of hydrogen-bond acceptors (Lipinski definition) is 6. The monoisotopic (exact) mass is 394 g/mol. The highest BCUT2D eigenvalue weighted by Crippen LogP contribution is 2.33. The maximum Gasteiger partial charge on any atom is 0.361 e. The number of rotatable bonds is 5. The number of ether oxygens (including phenoxy) is 1. The van der Waals surface area contributed by atoms with Gasteiger partial charge in [-0.05, 0) is 30.0 Å². The molecule has 0 spiro atoms. The molecule has 0 saturated carbocycles. The van der Waals surface area contributed by atoms with Gasteiger partial charge in [0, 0.05) is 23.3 Å². The molecule has 0 aliphatic heterocycles. The minimum atomic E-state index is -0.643. The van der Waals surface area contributed by atoms with E-state index in [1.165, 1.54) is 18.2 Å². The minimum absolute atomic E-state index is 0.000646. The van der Waals surface area contributed by atoms with Gasteiger partial charge in [-0.1, -0.05) is 45.0 Å². The third-order valence-electron chi connectivity index (χ3n) is 4.41. The number of benzene rings is 2. The average molecular weight is 394 g/mol. The molecule has 150 valence electrons. The molecular formula is C22H22N2O5. The molecule has 0 unspecified atom stereocenters. The van der Waals surface area contributed by atoms with Crippen LogP contribution in [0.5, 0.6) is 0 Å². The Morgan fingerprint density at radius 2 is 1.83 bits per heavy atom. The van der Waals surface area contributed by atoms with Crippen LogP contribution < -0.4 is 0 Å². The van der Waals surface area contributed by atoms with E-state index in [0.717, 1.165) is 5.56 Å². The molecular weight excluding hydrogens is 372 g/mol. The highest BCUT2D eigenvalue weighted by molar-refractivity contribution is 5.94. The van der Waals surface area contributed by atoms with Crippen molar-refractivity contribution in [1.82, 2.24) is 4.98 Å². The topological polar surface area (TPSA) is 95.5 Å². The van der Waals surface area contributed by atoms with Crippen LogP contribution in [0.2, 0.25) is 0 Å². The third-order valence-corrected chi connectivity index (χ3v) is 4.41. The van der Waals surface area contributed by atoms with Crippen LogP contribution in [0.1, 0.15) is 43.7 Å². The molecule has 1 aromatic heterocycles. The number of carbonyl (C=O) groups is 1. The van der Waals surface area contributed by atoms with Crippen LogP contribution in [0.15, 0.2) is 52.9 Å². The first-order valence-corrected chi connectivity index (χ1v) is 9.24. The van der Waals surface area contributed by atoms with Crippen LogP contribution in [0, 0.1) is 10.1 Å². The van der Waals surface area contributed by atoms with Crippen LogP contribution in [0.4, 0.5) is 5.69 Å². The zero-order valence-electron chi connectivity index (χ0n) is 16.8. The van der Waals surface area contributed by atoms with Crippen molar-refractivity contribution in [1.29, 1.82) is 0 Å². The summed E-state index contributed by atoms with van der Waals surface area (Å²) in [4.78, 5) is 27.3. The van der Waals surface area contributed by atoms with Gasteiger partial charge in [-0.15, -0.1) is 0 Å². The average Bonchev–Trinajstić information content (AvgIpc) is 3.13. The third kappa shape index (κ3) is 4.34. The van der Waals surface area contributed by atoms with Crippen molar-refractivity contribution in [2.75, 3.05) is 6.61 Å². The number of nitro groups is 1. The standard InChI is InChI=1S/C22H22N2O5/c1-5-28-21(25)18-19(15-7-6-8-17(13-15)24(26)27)29-20(23-18)14-9-11-16(12-10-14)22(2,3)4/h6-13H,5H2,1-4H3. The normalized spacial score (nSPS) is 11.3. The van der Waals surface area contributed by atoms with E-state index in [1.807, 2.05) is 24.3 Å². The van der Waals surface area contributed by atoms with Gasteiger partial charge in [0.05, 0.1) is 11.5 Å². The summed E-state index contributed by atoms with van der Waals surface area (Å²) in [6.45, 7) is 8.22. The van der Waals surface area contributed by atoms with Crippen molar-refractivity contribution >= 4 is 11.7 Å². The summed E-state index contributed by atoms with van der Waals surface area (Å²) in [7, 11) is 0. The molecule has 0 radical (unpaired) electrons. The molecule has 0 amide bonds. The van der Waals surface area contributed by atoms with Crippen LogP contribution >= 0.6 is 0 Å². The fourth-order valence-electron chi connectivity index (χ4n) is 2.85. The molecule has 3 rings (SSSR count). The van der Waals surface area contributed by atoms with Crippen molar-refractivity contribution in [3.63, 3.8) is 0 Å². The zero-order valence-corrected chi connectivity index (χ0v) is 16.8. The highest BCUT2D eigenvalue weighted by Gasteiger charge is 2.25. The van der Waals surface area contributed by atoms with Gasteiger partial charge in [-0.3, -0.25) is 10.1 Å². The lowest BCUT2D eigenvalue weighted by atomic mass is 9.87. The number of hydrogen-bond donors (Lipinski definition) is 0. The van der Waals surface area contributed by atoms with E-state index in [9.17, 15) is 14.9 Å². The summed E-state index contributed by atoms with van der Waals surface area (Å²) in [5, 5.41) is 11.1. The van der Waals surface area contributed by atoms with Gasteiger partial charge in [0.1, 0.15) is 0 Å². The summed E-state index contributed by atoms with van der Waals surface area (Å²) in [6.07, 6.45) is 0. The second-order valence-electron chi connectivity index (χ2n) is 7.55. The first-order valence-electron chi connectivity index (χ1n) is 9.24. The van der Waals surface area contributed by atoms with Gasteiger partial charge in [0.2, 0.25) is 5.89 Å². The molecule has 0 N–H and O–H groups in total. The second-order valence-corrected chi connectivity index (χ2v) is 7.55. The molecule has 1 heterocycles. The predicted octanol–water partition coefficient (Wildman–Crippen LogP) is 5.39. The minimum Gasteiger partial charge on any atom is -0.461 e. The molecule has 7 nitrogen and oxygen atoms in total. The number of nitro benzene ring substituents is 1. The predicted molar refractivity (Wildman–Crippen MR) is 109 cm³/mol. The van der Waals surface area contributed by atoms with Crippen molar-refractivity contribution in [2.24, 2.45) is 0 Å². The number of carbonyl (C=O) groups excluding carboxylic acids is 1. The van der Waals surface area contributed by atoms with E-state index in [1.54, 1.807) is 13.0 Å². The number of aromatic nitrogens is 1. The molecule has 0 atom stereocenters. The molecule has 29 heavy (non-hydrogen) atoms. The van der Waals surface area contributed by atoms with Gasteiger partial charge in [-0.25, -0.2) is 9.78 Å². The van der Waals surface area contributed by atoms with E-state index in [4.69, 9.17) is 9.15 Å². The summed E-state index contributed by atoms with van der Waals surface area (Å²) in [5.74, 6) is -0.257. The molecule has 0 bridgehead atoms. The SMILES string of the molecule is CCOC(=O)c1nc(-c2ccc(C(C)(C)C)cc2)oc1-c1cccc([N+](=O)[O-])c1. The first-order chi connectivity index (χ1) is 13.7. The Bertz CT molecular complexity index is 1050. The van der Waals surface area contributed by atoms with Crippen LogP contribution in [0.3, 0.4) is 0 Å². The Hall–Kier alpha value is -3.48. The molecule has 0 saturated heterocycles. The van der Waals surface area contributed by atoms with E-state index >= 15 is 0 Å². The van der Waals surface area contributed by atoms with Gasteiger partial charge in [0.15, 0.2) is 11.5 Å². The van der Waals surface area contributed by atoms with Crippen LogP contribution in [-0.4, -0.2) is 22.5 Å². The Balaban J connectivity index is 2.09. The quantitative estimate of drug-likeness (QED) is 0.327. The highest BCUT2D eigenvalue weighted by atomic mass is 16.6. The number of oxazole rings is 1. The van der Waals surface area contributed by atoms with E-state index in [2.05, 4.69) is 25.8 Å². The van der Waals surface area contributed by atoms with Crippen molar-refractivity contribution in [3.05, 3.63) is 69.9 Å². The Morgan fingerprint density at radius 3 is 2.41 bits per heavy atom. The summed E-state index contributed by atoms with van der Waals surface area (Å²) < 4.78 is 11.0. The van der Waals surface area contributed by atoms with Crippen molar-refractivity contribution < 1.29 is 18.9 Å². The van der Waals surface area contributed by atoms with Gasteiger partial charge >= 0.3 is 5.97 Å². The fourth-order valence-corrected chi connectivity index (χ4v) is 2.85. The van der Waals surface area contributed by atoms with Gasteiger partial charge < -0.3 is 9.15 Å². The maximum atomic E-state index is 12.4. The van der Waals surface area contributed by atoms with Crippen molar-refractivity contribution in [3.8, 4) is 22.8 Å². The summed E-state index contributed by atoms with van der Waals surface area (Å²) in [6, 6.07) is 13.6. The van der Waals surface area contributed by atoms with Gasteiger partial charge in [-0.2, -0.15) is 0 Å². The maximum absolute atomic E-state index is 12.4. The molecule has 2 aromatic carbocycles. The van der Waals surface area contributed by atoms with E-state index < -0.39 is 10.9 Å². The largest absolute Gasteiger partial charge is 0.461 e. The molecule has 7 heteroatoms. The number of nitrogens with zero attached hydrogens (tertiary/aromatic N) is 2. The van der Waals surface area contributed by atoms with Gasteiger partial charge in [0.25, 0.3) is 5.69 Å². The zero-order chi connectivity index (χ0) is 21.2. The lowest BCUT2D eigenvalue weighted by Gasteiger charge is -2.18. The van der Waals surface area contributed by atoms with E-state index in [-0.39, 0.29) is 35.1 Å². The molecule has 0 aliphatic carbocycles. The summed E-state index contributed by atoms with van der Waals surface area (Å²) >= 11 is 0. The number of non-ortho nitro benzene ring substituents is 1.